The number of fused-ring (bicyclic) bond motifs is 1. The van der Waals surface area contributed by atoms with Gasteiger partial charge in [-0.2, -0.15) is 5.26 Å². The standard InChI is InChI=1S/C24H18N2O5/c1-15(23(27)26-17-10-11-21-22(12-17)30-14-29-21)31-24(28)20-9-5-4-8-19(20)18-7-3-2-6-16(18)13-25/h2-12,15H,14H2,1H3,(H,26,27)/t15-/m0/s1. The Bertz CT molecular complexity index is 1200. The average Bonchev–Trinajstić information content (AvgIpc) is 3.27. The Morgan fingerprint density at radius 2 is 1.71 bits per heavy atom. The predicted octanol–water partition coefficient (Wildman–Crippen LogP) is 4.14. The highest BCUT2D eigenvalue weighted by Gasteiger charge is 2.23. The molecule has 7 nitrogen and oxygen atoms in total. The smallest absolute Gasteiger partial charge is 0.339 e. The van der Waals surface area contributed by atoms with Gasteiger partial charge in [0.1, 0.15) is 0 Å². The number of esters is 1. The predicted molar refractivity (Wildman–Crippen MR) is 113 cm³/mol. The molecular weight excluding hydrogens is 396 g/mol. The summed E-state index contributed by atoms with van der Waals surface area (Å²) in [6.07, 6.45) is -1.04. The first kappa shape index (κ1) is 20.0. The van der Waals surface area contributed by atoms with E-state index in [1.807, 2.05) is 0 Å². The molecule has 3 aromatic carbocycles. The molecule has 1 aliphatic heterocycles. The van der Waals surface area contributed by atoms with Crippen molar-refractivity contribution in [3.05, 3.63) is 77.9 Å². The topological polar surface area (TPSA) is 97.7 Å². The largest absolute Gasteiger partial charge is 0.454 e. The molecule has 0 spiro atoms. The highest BCUT2D eigenvalue weighted by molar-refractivity contribution is 6.01. The van der Waals surface area contributed by atoms with E-state index in [1.54, 1.807) is 66.7 Å². The van der Waals surface area contributed by atoms with Crippen LogP contribution in [0.5, 0.6) is 11.5 Å². The van der Waals surface area contributed by atoms with E-state index in [-0.39, 0.29) is 12.4 Å². The number of amides is 1. The molecule has 31 heavy (non-hydrogen) atoms. The van der Waals surface area contributed by atoms with Crippen molar-refractivity contribution in [3.63, 3.8) is 0 Å². The molecule has 3 aromatic rings. The normalized spacial score (nSPS) is 12.5. The van der Waals surface area contributed by atoms with Gasteiger partial charge in [-0.05, 0) is 36.8 Å². The number of rotatable bonds is 5. The first-order chi connectivity index (χ1) is 15.1. The van der Waals surface area contributed by atoms with Crippen LogP contribution in [0.1, 0.15) is 22.8 Å². The van der Waals surface area contributed by atoms with E-state index < -0.39 is 18.0 Å². The molecule has 0 unspecified atom stereocenters. The molecule has 0 saturated heterocycles. The van der Waals surface area contributed by atoms with Crippen LogP contribution in [0.25, 0.3) is 11.1 Å². The van der Waals surface area contributed by atoms with E-state index in [4.69, 9.17) is 14.2 Å². The summed E-state index contributed by atoms with van der Waals surface area (Å²) in [5.74, 6) is -0.00179. The minimum absolute atomic E-state index is 0.134. The maximum Gasteiger partial charge on any atom is 0.339 e. The Morgan fingerprint density at radius 3 is 2.52 bits per heavy atom. The third-order valence-corrected chi connectivity index (χ3v) is 4.78. The monoisotopic (exact) mass is 414 g/mol. The highest BCUT2D eigenvalue weighted by Crippen LogP contribution is 2.34. The van der Waals surface area contributed by atoms with E-state index in [0.717, 1.165) is 0 Å². The SMILES string of the molecule is C[C@H](OC(=O)c1ccccc1-c1ccccc1C#N)C(=O)Nc1ccc2c(c1)OCO2. The lowest BCUT2D eigenvalue weighted by Crippen LogP contribution is -2.30. The molecule has 154 valence electrons. The molecule has 0 bridgehead atoms. The van der Waals surface area contributed by atoms with E-state index >= 15 is 0 Å². The fourth-order valence-corrected chi connectivity index (χ4v) is 3.21. The van der Waals surface area contributed by atoms with Crippen molar-refractivity contribution in [1.82, 2.24) is 0 Å². The number of hydrogen-bond acceptors (Lipinski definition) is 6. The minimum atomic E-state index is -1.04. The molecule has 7 heteroatoms. The van der Waals surface area contributed by atoms with Gasteiger partial charge in [0.15, 0.2) is 17.6 Å². The molecule has 0 aliphatic carbocycles. The lowest BCUT2D eigenvalue weighted by Gasteiger charge is -2.16. The van der Waals surface area contributed by atoms with Crippen molar-refractivity contribution in [1.29, 1.82) is 5.26 Å². The third-order valence-electron chi connectivity index (χ3n) is 4.78. The molecule has 0 fully saturated rings. The Morgan fingerprint density at radius 1 is 1.00 bits per heavy atom. The number of nitriles is 1. The Hall–Kier alpha value is -4.31. The Balaban J connectivity index is 1.49. The van der Waals surface area contributed by atoms with Crippen molar-refractivity contribution in [2.75, 3.05) is 12.1 Å². The molecule has 0 saturated carbocycles. The number of hydrogen-bond donors (Lipinski definition) is 1. The zero-order valence-electron chi connectivity index (χ0n) is 16.6. The van der Waals surface area contributed by atoms with Gasteiger partial charge >= 0.3 is 5.97 Å². The number of ether oxygens (including phenoxy) is 3. The molecule has 4 rings (SSSR count). The number of nitrogens with zero attached hydrogens (tertiary/aromatic N) is 1. The highest BCUT2D eigenvalue weighted by atomic mass is 16.7. The van der Waals surface area contributed by atoms with Gasteiger partial charge in [0.25, 0.3) is 5.91 Å². The number of anilines is 1. The van der Waals surface area contributed by atoms with Gasteiger partial charge in [-0.3, -0.25) is 4.79 Å². The van der Waals surface area contributed by atoms with Crippen molar-refractivity contribution in [2.24, 2.45) is 0 Å². The fourth-order valence-electron chi connectivity index (χ4n) is 3.21. The first-order valence-corrected chi connectivity index (χ1v) is 9.57. The van der Waals surface area contributed by atoms with E-state index in [2.05, 4.69) is 11.4 Å². The van der Waals surface area contributed by atoms with Crippen molar-refractivity contribution in [2.45, 2.75) is 13.0 Å². The van der Waals surface area contributed by atoms with E-state index in [9.17, 15) is 14.9 Å². The van der Waals surface area contributed by atoms with Crippen LogP contribution in [0, 0.1) is 11.3 Å². The van der Waals surface area contributed by atoms with Crippen LogP contribution in [0.15, 0.2) is 66.7 Å². The van der Waals surface area contributed by atoms with Gasteiger partial charge in [0, 0.05) is 17.3 Å². The van der Waals surface area contributed by atoms with Crippen molar-refractivity contribution in [3.8, 4) is 28.7 Å². The maximum atomic E-state index is 12.8. The van der Waals surface area contributed by atoms with Crippen molar-refractivity contribution < 1.29 is 23.8 Å². The van der Waals surface area contributed by atoms with Gasteiger partial charge in [0.05, 0.1) is 17.2 Å². The van der Waals surface area contributed by atoms with Crippen LogP contribution in [-0.4, -0.2) is 24.8 Å². The second-order valence-electron chi connectivity index (χ2n) is 6.81. The molecule has 0 aromatic heterocycles. The molecule has 1 amide bonds. The summed E-state index contributed by atoms with van der Waals surface area (Å²) < 4.78 is 16.0. The summed E-state index contributed by atoms with van der Waals surface area (Å²) in [5, 5.41) is 12.1. The summed E-state index contributed by atoms with van der Waals surface area (Å²) >= 11 is 0. The second-order valence-corrected chi connectivity index (χ2v) is 6.81. The van der Waals surface area contributed by atoms with Gasteiger partial charge in [-0.1, -0.05) is 36.4 Å². The summed E-state index contributed by atoms with van der Waals surface area (Å²) in [6.45, 7) is 1.63. The summed E-state index contributed by atoms with van der Waals surface area (Å²) in [5.41, 5.74) is 2.40. The van der Waals surface area contributed by atoms with Gasteiger partial charge in [-0.15, -0.1) is 0 Å². The molecular formula is C24H18N2O5. The fraction of sp³-hybridized carbons (Fsp3) is 0.125. The number of benzene rings is 3. The zero-order chi connectivity index (χ0) is 21.8. The summed E-state index contributed by atoms with van der Waals surface area (Å²) in [6, 6.07) is 20.9. The van der Waals surface area contributed by atoms with Crippen LogP contribution < -0.4 is 14.8 Å². The van der Waals surface area contributed by atoms with Gasteiger partial charge in [0.2, 0.25) is 6.79 Å². The Labute approximate surface area is 178 Å². The lowest BCUT2D eigenvalue weighted by atomic mass is 9.96. The summed E-state index contributed by atoms with van der Waals surface area (Å²) in [7, 11) is 0. The van der Waals surface area contributed by atoms with Crippen LogP contribution in [0.4, 0.5) is 5.69 Å². The van der Waals surface area contributed by atoms with E-state index in [0.29, 0.717) is 33.9 Å². The minimum Gasteiger partial charge on any atom is -0.454 e. The average molecular weight is 414 g/mol. The molecule has 1 N–H and O–H groups in total. The lowest BCUT2D eigenvalue weighted by molar-refractivity contribution is -0.123. The van der Waals surface area contributed by atoms with Crippen LogP contribution >= 0.6 is 0 Å². The van der Waals surface area contributed by atoms with E-state index in [1.165, 1.54) is 6.92 Å². The van der Waals surface area contributed by atoms with Crippen molar-refractivity contribution >= 4 is 17.6 Å². The van der Waals surface area contributed by atoms with Crippen LogP contribution in [-0.2, 0) is 9.53 Å². The quantitative estimate of drug-likeness (QED) is 0.630. The molecule has 1 atom stereocenters. The van der Waals surface area contributed by atoms with Crippen LogP contribution in [0.3, 0.4) is 0 Å². The third kappa shape index (κ3) is 4.19. The first-order valence-electron chi connectivity index (χ1n) is 9.57. The second kappa shape index (κ2) is 8.59. The maximum absolute atomic E-state index is 12.8. The van der Waals surface area contributed by atoms with Crippen LogP contribution in [0.2, 0.25) is 0 Å². The Kier molecular flexibility index (Phi) is 5.54. The zero-order valence-corrected chi connectivity index (χ0v) is 16.6. The molecule has 1 aliphatic rings. The summed E-state index contributed by atoms with van der Waals surface area (Å²) in [4.78, 5) is 25.4. The van der Waals surface area contributed by atoms with Gasteiger partial charge < -0.3 is 19.5 Å². The molecule has 1 heterocycles. The number of carbonyl (C=O) groups excluding carboxylic acids is 2. The number of carbonyl (C=O) groups is 2. The number of nitrogens with one attached hydrogen (secondary N) is 1. The molecule has 0 radical (unpaired) electrons. The van der Waals surface area contributed by atoms with Gasteiger partial charge in [-0.25, -0.2) is 4.79 Å².